The molecule has 1 rings (SSSR count). The van der Waals surface area contributed by atoms with Gasteiger partial charge in [-0.2, -0.15) is 0 Å². The molecule has 0 spiro atoms. The SMILES string of the molecule is CCCC(O)C(CC)C1(C)O[C@@H](C(=O)N(C)C)[C@H](C(=O)N(C)C)O1. The summed E-state index contributed by atoms with van der Waals surface area (Å²) in [6.45, 7) is 5.63. The molecule has 1 aliphatic rings. The first-order chi connectivity index (χ1) is 11.1. The highest BCUT2D eigenvalue weighted by Crippen LogP contribution is 2.39. The number of ether oxygens (including phenoxy) is 2. The van der Waals surface area contributed by atoms with Crippen molar-refractivity contribution in [3.63, 3.8) is 0 Å². The van der Waals surface area contributed by atoms with Gasteiger partial charge in [-0.05, 0) is 19.8 Å². The van der Waals surface area contributed by atoms with E-state index in [0.717, 1.165) is 6.42 Å². The molecular formula is C17H32N2O5. The van der Waals surface area contributed by atoms with Crippen LogP contribution in [0.1, 0.15) is 40.0 Å². The van der Waals surface area contributed by atoms with Crippen molar-refractivity contribution >= 4 is 11.8 Å². The molecule has 1 fully saturated rings. The molecule has 0 aromatic carbocycles. The average Bonchev–Trinajstić information content (AvgIpc) is 2.84. The lowest BCUT2D eigenvalue weighted by molar-refractivity contribution is -0.221. The molecular weight excluding hydrogens is 312 g/mol. The molecule has 7 heteroatoms. The van der Waals surface area contributed by atoms with Crippen LogP contribution in [0.2, 0.25) is 0 Å². The monoisotopic (exact) mass is 344 g/mol. The van der Waals surface area contributed by atoms with E-state index in [9.17, 15) is 14.7 Å². The number of aliphatic hydroxyl groups is 1. The molecule has 7 nitrogen and oxygen atoms in total. The molecule has 0 saturated carbocycles. The summed E-state index contributed by atoms with van der Waals surface area (Å²) in [4.78, 5) is 27.7. The van der Waals surface area contributed by atoms with Crippen molar-refractivity contribution in [1.29, 1.82) is 0 Å². The van der Waals surface area contributed by atoms with Gasteiger partial charge in [0.15, 0.2) is 18.0 Å². The van der Waals surface area contributed by atoms with E-state index in [2.05, 4.69) is 0 Å². The number of likely N-dealkylation sites (N-methyl/N-ethyl adjacent to an activating group) is 2. The van der Waals surface area contributed by atoms with Crippen LogP contribution >= 0.6 is 0 Å². The second kappa shape index (κ2) is 8.27. The van der Waals surface area contributed by atoms with Crippen LogP contribution in [0.3, 0.4) is 0 Å². The third-order valence-electron chi connectivity index (χ3n) is 4.53. The zero-order valence-corrected chi connectivity index (χ0v) is 15.9. The van der Waals surface area contributed by atoms with Crippen molar-refractivity contribution in [2.75, 3.05) is 28.2 Å². The number of hydrogen-bond donors (Lipinski definition) is 1. The molecule has 2 amide bonds. The molecule has 0 aromatic rings. The van der Waals surface area contributed by atoms with Gasteiger partial charge in [-0.1, -0.05) is 20.3 Å². The highest BCUT2D eigenvalue weighted by atomic mass is 16.8. The number of aliphatic hydroxyl groups excluding tert-OH is 1. The van der Waals surface area contributed by atoms with Crippen molar-refractivity contribution in [1.82, 2.24) is 9.80 Å². The Morgan fingerprint density at radius 1 is 1.04 bits per heavy atom. The summed E-state index contributed by atoms with van der Waals surface area (Å²) in [5, 5.41) is 10.5. The predicted octanol–water partition coefficient (Wildman–Crippen LogP) is 0.850. The van der Waals surface area contributed by atoms with E-state index in [0.29, 0.717) is 12.8 Å². The van der Waals surface area contributed by atoms with E-state index in [1.165, 1.54) is 9.80 Å². The largest absolute Gasteiger partial charge is 0.393 e. The topological polar surface area (TPSA) is 79.3 Å². The van der Waals surface area contributed by atoms with Gasteiger partial charge in [-0.25, -0.2) is 0 Å². The normalized spacial score (nSPS) is 25.2. The zero-order chi connectivity index (χ0) is 18.7. The Bertz CT molecular complexity index is 424. The average molecular weight is 344 g/mol. The van der Waals surface area contributed by atoms with Gasteiger partial charge >= 0.3 is 0 Å². The van der Waals surface area contributed by atoms with Crippen molar-refractivity contribution in [2.24, 2.45) is 5.92 Å². The maximum absolute atomic E-state index is 12.5. The zero-order valence-electron chi connectivity index (χ0n) is 15.9. The Morgan fingerprint density at radius 3 is 1.75 bits per heavy atom. The van der Waals surface area contributed by atoms with Crippen molar-refractivity contribution < 1.29 is 24.2 Å². The minimum absolute atomic E-state index is 0.321. The van der Waals surface area contributed by atoms with Gasteiger partial charge in [-0.3, -0.25) is 9.59 Å². The molecule has 0 aliphatic carbocycles. The van der Waals surface area contributed by atoms with Crippen LogP contribution in [0.5, 0.6) is 0 Å². The van der Waals surface area contributed by atoms with Crippen molar-refractivity contribution in [3.05, 3.63) is 0 Å². The molecule has 2 unspecified atom stereocenters. The molecule has 140 valence electrons. The minimum atomic E-state index is -1.18. The fourth-order valence-corrected chi connectivity index (χ4v) is 3.19. The molecule has 1 saturated heterocycles. The molecule has 1 N–H and O–H groups in total. The van der Waals surface area contributed by atoms with Gasteiger partial charge in [0.25, 0.3) is 11.8 Å². The lowest BCUT2D eigenvalue weighted by Crippen LogP contribution is -2.47. The van der Waals surface area contributed by atoms with Gasteiger partial charge in [-0.15, -0.1) is 0 Å². The third kappa shape index (κ3) is 4.26. The third-order valence-corrected chi connectivity index (χ3v) is 4.53. The fourth-order valence-electron chi connectivity index (χ4n) is 3.19. The predicted molar refractivity (Wildman–Crippen MR) is 90.2 cm³/mol. The van der Waals surface area contributed by atoms with E-state index in [1.54, 1.807) is 35.1 Å². The van der Waals surface area contributed by atoms with Gasteiger partial charge in [0, 0.05) is 34.1 Å². The van der Waals surface area contributed by atoms with Crippen LogP contribution in [-0.4, -0.2) is 79.0 Å². The summed E-state index contributed by atoms with van der Waals surface area (Å²) in [5.41, 5.74) is 0. The first-order valence-electron chi connectivity index (χ1n) is 8.55. The molecule has 0 aromatic heterocycles. The highest BCUT2D eigenvalue weighted by Gasteiger charge is 2.55. The Hall–Kier alpha value is -1.18. The standard InChI is InChI=1S/C17H32N2O5/c1-8-10-12(20)11(9-2)17(3)23-13(15(21)18(4)5)14(24-17)16(22)19(6)7/h11-14,20H,8-10H2,1-7H3/t11?,12?,13-,14-/m1/s1. The molecule has 0 bridgehead atoms. The lowest BCUT2D eigenvalue weighted by atomic mass is 9.88. The van der Waals surface area contributed by atoms with E-state index in [4.69, 9.17) is 9.47 Å². The quantitative estimate of drug-likeness (QED) is 0.741. The summed E-state index contributed by atoms with van der Waals surface area (Å²) < 4.78 is 11.9. The number of rotatable bonds is 7. The first kappa shape index (κ1) is 20.9. The molecule has 0 radical (unpaired) electrons. The Morgan fingerprint density at radius 2 is 1.46 bits per heavy atom. The number of hydrogen-bond acceptors (Lipinski definition) is 5. The van der Waals surface area contributed by atoms with Crippen LogP contribution in [0.4, 0.5) is 0 Å². The number of carbonyl (C=O) groups is 2. The van der Waals surface area contributed by atoms with E-state index in [-0.39, 0.29) is 17.7 Å². The Kier molecular flexibility index (Phi) is 7.19. The van der Waals surface area contributed by atoms with Crippen LogP contribution in [0, 0.1) is 5.92 Å². The van der Waals surface area contributed by atoms with Crippen molar-refractivity contribution in [3.8, 4) is 0 Å². The summed E-state index contributed by atoms with van der Waals surface area (Å²) in [6, 6.07) is 0. The highest BCUT2D eigenvalue weighted by molar-refractivity contribution is 5.91. The second-order valence-electron chi connectivity index (χ2n) is 6.93. The van der Waals surface area contributed by atoms with E-state index >= 15 is 0 Å². The molecule has 4 atom stereocenters. The van der Waals surface area contributed by atoms with E-state index < -0.39 is 24.1 Å². The first-order valence-corrected chi connectivity index (χ1v) is 8.55. The lowest BCUT2D eigenvalue weighted by Gasteiger charge is -2.35. The Balaban J connectivity index is 3.14. The summed E-state index contributed by atoms with van der Waals surface area (Å²) in [6.07, 6.45) is -0.588. The van der Waals surface area contributed by atoms with Crippen LogP contribution in [0.15, 0.2) is 0 Å². The van der Waals surface area contributed by atoms with E-state index in [1.807, 2.05) is 13.8 Å². The van der Waals surface area contributed by atoms with Crippen LogP contribution in [0.25, 0.3) is 0 Å². The summed E-state index contributed by atoms with van der Waals surface area (Å²) in [5.74, 6) is -2.15. The molecule has 24 heavy (non-hydrogen) atoms. The van der Waals surface area contributed by atoms with Crippen molar-refractivity contribution in [2.45, 2.75) is 64.1 Å². The maximum Gasteiger partial charge on any atom is 0.254 e. The molecule has 1 aliphatic heterocycles. The number of nitrogens with zero attached hydrogens (tertiary/aromatic N) is 2. The summed E-state index contributed by atoms with van der Waals surface area (Å²) >= 11 is 0. The minimum Gasteiger partial charge on any atom is -0.393 e. The van der Waals surface area contributed by atoms with Crippen LogP contribution < -0.4 is 0 Å². The molecule has 1 heterocycles. The smallest absolute Gasteiger partial charge is 0.254 e. The van der Waals surface area contributed by atoms with Gasteiger partial charge in [0.1, 0.15) is 0 Å². The van der Waals surface area contributed by atoms with Gasteiger partial charge < -0.3 is 24.4 Å². The number of amides is 2. The van der Waals surface area contributed by atoms with Gasteiger partial charge in [0.05, 0.1) is 6.10 Å². The summed E-state index contributed by atoms with van der Waals surface area (Å²) in [7, 11) is 6.45. The second-order valence-corrected chi connectivity index (χ2v) is 6.93. The van der Waals surface area contributed by atoms with Crippen LogP contribution in [-0.2, 0) is 19.1 Å². The van der Waals surface area contributed by atoms with Gasteiger partial charge in [0.2, 0.25) is 0 Å². The fraction of sp³-hybridized carbons (Fsp3) is 0.882. The maximum atomic E-state index is 12.5. The Labute approximate surface area is 144 Å². The number of carbonyl (C=O) groups excluding carboxylic acids is 2.